The molecule has 22 heavy (non-hydrogen) atoms. The van der Waals surface area contributed by atoms with E-state index in [1.807, 2.05) is 24.3 Å². The highest BCUT2D eigenvalue weighted by Gasteiger charge is 1.97. The molecular weight excluding hydrogens is 278 g/mol. The molecule has 0 bridgehead atoms. The van der Waals surface area contributed by atoms with Crippen LogP contribution in [0.5, 0.6) is 11.5 Å². The van der Waals surface area contributed by atoms with E-state index in [1.165, 1.54) is 11.1 Å². The van der Waals surface area contributed by atoms with Gasteiger partial charge in [0, 0.05) is 20.2 Å². The van der Waals surface area contributed by atoms with Crippen LogP contribution in [0.4, 0.5) is 0 Å². The van der Waals surface area contributed by atoms with Crippen molar-refractivity contribution < 1.29 is 14.2 Å². The average Bonchev–Trinajstić information content (AvgIpc) is 2.57. The molecule has 0 aliphatic heterocycles. The summed E-state index contributed by atoms with van der Waals surface area (Å²) in [6.45, 7) is 2.83. The topological polar surface area (TPSA) is 39.7 Å². The number of methoxy groups -OCH3 is 2. The first-order chi connectivity index (χ1) is 10.8. The zero-order valence-electron chi connectivity index (χ0n) is 13.2. The number of hydrogen-bond donors (Lipinski definition) is 1. The van der Waals surface area contributed by atoms with Crippen LogP contribution in [0.1, 0.15) is 11.1 Å². The summed E-state index contributed by atoms with van der Waals surface area (Å²) in [6.07, 6.45) is 0. The Labute approximate surface area is 132 Å². The predicted molar refractivity (Wildman–Crippen MR) is 87.4 cm³/mol. The Kier molecular flexibility index (Phi) is 6.74. The Hall–Kier alpha value is -2.04. The molecule has 118 valence electrons. The standard InChI is InChI=1S/C18H23NO3/c1-20-11-12-22-18-9-5-16(6-10-18)14-19-13-15-3-7-17(21-2)8-4-15/h3-10,19H,11-14H2,1-2H3. The third-order valence-electron chi connectivity index (χ3n) is 3.30. The average molecular weight is 301 g/mol. The largest absolute Gasteiger partial charge is 0.497 e. The van der Waals surface area contributed by atoms with E-state index in [-0.39, 0.29) is 0 Å². The summed E-state index contributed by atoms with van der Waals surface area (Å²) in [4.78, 5) is 0. The minimum absolute atomic E-state index is 0.575. The molecule has 4 nitrogen and oxygen atoms in total. The van der Waals surface area contributed by atoms with Gasteiger partial charge in [-0.3, -0.25) is 0 Å². The van der Waals surface area contributed by atoms with E-state index >= 15 is 0 Å². The quantitative estimate of drug-likeness (QED) is 0.723. The van der Waals surface area contributed by atoms with Crippen LogP contribution in [-0.2, 0) is 17.8 Å². The third-order valence-corrected chi connectivity index (χ3v) is 3.30. The first kappa shape index (κ1) is 16.3. The van der Waals surface area contributed by atoms with Crippen LogP contribution in [0.15, 0.2) is 48.5 Å². The first-order valence-electron chi connectivity index (χ1n) is 7.36. The lowest BCUT2D eigenvalue weighted by Crippen LogP contribution is -2.12. The van der Waals surface area contributed by atoms with Gasteiger partial charge in [0.05, 0.1) is 13.7 Å². The Morgan fingerprint density at radius 2 is 1.27 bits per heavy atom. The molecule has 0 saturated heterocycles. The molecule has 4 heteroatoms. The van der Waals surface area contributed by atoms with Crippen molar-refractivity contribution in [2.45, 2.75) is 13.1 Å². The van der Waals surface area contributed by atoms with Gasteiger partial charge in [-0.2, -0.15) is 0 Å². The lowest BCUT2D eigenvalue weighted by atomic mass is 10.2. The first-order valence-corrected chi connectivity index (χ1v) is 7.36. The van der Waals surface area contributed by atoms with Crippen LogP contribution in [0.3, 0.4) is 0 Å². The Balaban J connectivity index is 1.74. The van der Waals surface area contributed by atoms with Gasteiger partial charge in [0.2, 0.25) is 0 Å². The molecule has 0 amide bonds. The van der Waals surface area contributed by atoms with Crippen molar-refractivity contribution in [3.05, 3.63) is 59.7 Å². The summed E-state index contributed by atoms with van der Waals surface area (Å²) in [5.41, 5.74) is 2.47. The summed E-state index contributed by atoms with van der Waals surface area (Å²) in [7, 11) is 3.34. The van der Waals surface area contributed by atoms with Crippen LogP contribution in [0.2, 0.25) is 0 Å². The fourth-order valence-corrected chi connectivity index (χ4v) is 2.04. The molecule has 0 atom stereocenters. The summed E-state index contributed by atoms with van der Waals surface area (Å²) >= 11 is 0. The maximum Gasteiger partial charge on any atom is 0.119 e. The molecule has 0 heterocycles. The highest BCUT2D eigenvalue weighted by molar-refractivity contribution is 5.28. The van der Waals surface area contributed by atoms with E-state index in [2.05, 4.69) is 29.6 Å². The maximum atomic E-state index is 5.54. The monoisotopic (exact) mass is 301 g/mol. The summed E-state index contributed by atoms with van der Waals surface area (Å²) < 4.78 is 15.6. The van der Waals surface area contributed by atoms with E-state index in [0.717, 1.165) is 24.6 Å². The van der Waals surface area contributed by atoms with E-state index < -0.39 is 0 Å². The van der Waals surface area contributed by atoms with Crippen LogP contribution in [0.25, 0.3) is 0 Å². The molecule has 0 radical (unpaired) electrons. The van der Waals surface area contributed by atoms with Crippen molar-refractivity contribution in [2.24, 2.45) is 0 Å². The highest BCUT2D eigenvalue weighted by Crippen LogP contribution is 2.13. The number of nitrogens with one attached hydrogen (secondary N) is 1. The van der Waals surface area contributed by atoms with Gasteiger partial charge in [-0.15, -0.1) is 0 Å². The maximum absolute atomic E-state index is 5.54. The molecule has 2 rings (SSSR count). The van der Waals surface area contributed by atoms with Gasteiger partial charge in [-0.25, -0.2) is 0 Å². The van der Waals surface area contributed by atoms with E-state index in [1.54, 1.807) is 14.2 Å². The fourth-order valence-electron chi connectivity index (χ4n) is 2.04. The van der Waals surface area contributed by atoms with Crippen LogP contribution < -0.4 is 14.8 Å². The Morgan fingerprint density at radius 3 is 1.77 bits per heavy atom. The summed E-state index contributed by atoms with van der Waals surface area (Å²) in [6, 6.07) is 16.2. The lowest BCUT2D eigenvalue weighted by Gasteiger charge is -2.08. The number of ether oxygens (including phenoxy) is 3. The SMILES string of the molecule is COCCOc1ccc(CNCc2ccc(OC)cc2)cc1. The van der Waals surface area contributed by atoms with Gasteiger partial charge in [-0.1, -0.05) is 24.3 Å². The molecule has 0 aromatic heterocycles. The molecular formula is C18H23NO3. The second-order valence-corrected chi connectivity index (χ2v) is 4.94. The van der Waals surface area contributed by atoms with Crippen LogP contribution in [0, 0.1) is 0 Å². The van der Waals surface area contributed by atoms with E-state index in [9.17, 15) is 0 Å². The van der Waals surface area contributed by atoms with Crippen LogP contribution in [-0.4, -0.2) is 27.4 Å². The Morgan fingerprint density at radius 1 is 0.727 bits per heavy atom. The molecule has 0 fully saturated rings. The second-order valence-electron chi connectivity index (χ2n) is 4.94. The number of hydrogen-bond acceptors (Lipinski definition) is 4. The molecule has 2 aromatic rings. The van der Waals surface area contributed by atoms with E-state index in [4.69, 9.17) is 14.2 Å². The predicted octanol–water partition coefficient (Wildman–Crippen LogP) is 3.01. The van der Waals surface area contributed by atoms with E-state index in [0.29, 0.717) is 13.2 Å². The summed E-state index contributed by atoms with van der Waals surface area (Å²) in [5, 5.41) is 3.43. The molecule has 0 aliphatic rings. The van der Waals surface area contributed by atoms with Crippen LogP contribution >= 0.6 is 0 Å². The molecule has 0 spiro atoms. The fraction of sp³-hybridized carbons (Fsp3) is 0.333. The van der Waals surface area contributed by atoms with Crippen molar-refractivity contribution in [1.82, 2.24) is 5.32 Å². The van der Waals surface area contributed by atoms with Gasteiger partial charge in [0.15, 0.2) is 0 Å². The molecule has 1 N–H and O–H groups in total. The normalized spacial score (nSPS) is 10.5. The second kappa shape index (κ2) is 9.07. The molecule has 0 unspecified atom stereocenters. The minimum atomic E-state index is 0.575. The zero-order valence-corrected chi connectivity index (χ0v) is 13.2. The van der Waals surface area contributed by atoms with Gasteiger partial charge in [0.25, 0.3) is 0 Å². The molecule has 2 aromatic carbocycles. The number of benzene rings is 2. The minimum Gasteiger partial charge on any atom is -0.497 e. The van der Waals surface area contributed by atoms with Crippen molar-refractivity contribution in [2.75, 3.05) is 27.4 Å². The van der Waals surface area contributed by atoms with Gasteiger partial charge >= 0.3 is 0 Å². The van der Waals surface area contributed by atoms with Crippen molar-refractivity contribution in [3.63, 3.8) is 0 Å². The van der Waals surface area contributed by atoms with Gasteiger partial charge in [0.1, 0.15) is 18.1 Å². The summed E-state index contributed by atoms with van der Waals surface area (Å²) in [5.74, 6) is 1.75. The molecule has 0 saturated carbocycles. The lowest BCUT2D eigenvalue weighted by molar-refractivity contribution is 0.146. The van der Waals surface area contributed by atoms with Crippen molar-refractivity contribution >= 4 is 0 Å². The Bertz CT molecular complexity index is 537. The smallest absolute Gasteiger partial charge is 0.119 e. The van der Waals surface area contributed by atoms with Crippen molar-refractivity contribution in [3.8, 4) is 11.5 Å². The van der Waals surface area contributed by atoms with Crippen molar-refractivity contribution in [1.29, 1.82) is 0 Å². The van der Waals surface area contributed by atoms with Gasteiger partial charge < -0.3 is 19.5 Å². The molecule has 0 aliphatic carbocycles. The van der Waals surface area contributed by atoms with Gasteiger partial charge in [-0.05, 0) is 35.4 Å². The highest BCUT2D eigenvalue weighted by atomic mass is 16.5. The zero-order chi connectivity index (χ0) is 15.6. The third kappa shape index (κ3) is 5.39. The number of rotatable bonds is 9.